The topological polar surface area (TPSA) is 99.2 Å². The third-order valence-corrected chi connectivity index (χ3v) is 8.07. The summed E-state index contributed by atoms with van der Waals surface area (Å²) in [5.74, 6) is 0.132. The number of hydrogen-bond donors (Lipinski definition) is 2. The molecule has 7 nitrogen and oxygen atoms in total. The van der Waals surface area contributed by atoms with Crippen LogP contribution in [0.15, 0.2) is 25.3 Å². The van der Waals surface area contributed by atoms with Crippen LogP contribution in [0.1, 0.15) is 6.92 Å². The lowest BCUT2D eigenvalue weighted by atomic mass is 10.2. The fourth-order valence-electron chi connectivity index (χ4n) is 2.18. The van der Waals surface area contributed by atoms with Crippen molar-refractivity contribution in [3.63, 3.8) is 0 Å². The fourth-order valence-corrected chi connectivity index (χ4v) is 6.05. The minimum Gasteiger partial charge on any atom is -0.409 e. The zero-order valence-electron chi connectivity index (χ0n) is 11.4. The maximum absolute atomic E-state index is 12.5. The molecule has 1 aromatic heterocycles. The summed E-state index contributed by atoms with van der Waals surface area (Å²) in [7, 11) is -3.46. The molecule has 1 unspecified atom stereocenters. The molecule has 1 fully saturated rings. The molecule has 10 heteroatoms. The number of halogens is 1. The van der Waals surface area contributed by atoms with Gasteiger partial charge in [0, 0.05) is 30.7 Å². The number of hydrogen-bond acceptors (Lipinski definition) is 6. The number of oxime groups is 1. The van der Waals surface area contributed by atoms with E-state index >= 15 is 0 Å². The second-order valence-electron chi connectivity index (χ2n) is 4.70. The Balaban J connectivity index is 2.06. The minimum absolute atomic E-state index is 0.132. The largest absolute Gasteiger partial charge is 0.409 e. The number of amidine groups is 1. The summed E-state index contributed by atoms with van der Waals surface area (Å²) in [4.78, 5) is 1.99. The molecule has 0 radical (unpaired) electrons. The van der Waals surface area contributed by atoms with Gasteiger partial charge in [-0.2, -0.15) is 4.31 Å². The van der Waals surface area contributed by atoms with Crippen LogP contribution in [0.25, 0.3) is 0 Å². The normalized spacial score (nSPS) is 20.6. The maximum atomic E-state index is 12.5. The average Bonchev–Trinajstić information content (AvgIpc) is 2.92. The lowest BCUT2D eigenvalue weighted by Gasteiger charge is -2.36. The smallest absolute Gasteiger partial charge is 0.253 e. The highest BCUT2D eigenvalue weighted by Crippen LogP contribution is 2.30. The van der Waals surface area contributed by atoms with Crippen LogP contribution >= 0.6 is 27.3 Å². The second kappa shape index (κ2) is 6.61. The highest BCUT2D eigenvalue weighted by atomic mass is 79.9. The highest BCUT2D eigenvalue weighted by molar-refractivity contribution is 9.10. The van der Waals surface area contributed by atoms with Crippen molar-refractivity contribution in [2.24, 2.45) is 10.9 Å². The van der Waals surface area contributed by atoms with E-state index in [9.17, 15) is 8.42 Å². The second-order valence-corrected chi connectivity index (χ2v) is 8.60. The van der Waals surface area contributed by atoms with Gasteiger partial charge in [0.25, 0.3) is 10.0 Å². The van der Waals surface area contributed by atoms with E-state index in [2.05, 4.69) is 21.1 Å². The molecule has 0 bridgehead atoms. The molecule has 1 saturated heterocycles. The minimum atomic E-state index is -3.46. The van der Waals surface area contributed by atoms with Crippen LogP contribution in [0.4, 0.5) is 0 Å². The van der Waals surface area contributed by atoms with E-state index in [4.69, 9.17) is 10.9 Å². The number of piperazine rings is 1. The molecule has 2 rings (SSSR count). The van der Waals surface area contributed by atoms with Crippen LogP contribution in [0.2, 0.25) is 0 Å². The van der Waals surface area contributed by atoms with Gasteiger partial charge in [-0.1, -0.05) is 5.16 Å². The van der Waals surface area contributed by atoms with Crippen LogP contribution in [0, 0.1) is 0 Å². The van der Waals surface area contributed by atoms with Gasteiger partial charge < -0.3 is 10.9 Å². The Bertz CT molecular complexity index is 623. The lowest BCUT2D eigenvalue weighted by molar-refractivity contribution is 0.171. The van der Waals surface area contributed by atoms with E-state index in [0.29, 0.717) is 34.9 Å². The summed E-state index contributed by atoms with van der Waals surface area (Å²) in [6.07, 6.45) is 0. The standard InChI is InChI=1S/C11H17BrN4O3S2/c1-8(10(13)14-17)15-3-5-16(6-4-15)21(18,19)11-9(12)2-7-20-11/h2,7-8,17H,3-6H2,1H3,(H2,13,14). The zero-order chi connectivity index (χ0) is 15.6. The number of nitrogens with two attached hydrogens (primary N) is 1. The lowest BCUT2D eigenvalue weighted by Crippen LogP contribution is -2.54. The molecular weight excluding hydrogens is 380 g/mol. The Morgan fingerprint density at radius 2 is 2.10 bits per heavy atom. The van der Waals surface area contributed by atoms with Gasteiger partial charge in [0.15, 0.2) is 5.84 Å². The Morgan fingerprint density at radius 3 is 2.57 bits per heavy atom. The first-order chi connectivity index (χ1) is 9.87. The molecule has 0 spiro atoms. The molecule has 21 heavy (non-hydrogen) atoms. The first-order valence-electron chi connectivity index (χ1n) is 6.32. The van der Waals surface area contributed by atoms with Gasteiger partial charge in [-0.05, 0) is 34.3 Å². The molecule has 0 saturated carbocycles. The van der Waals surface area contributed by atoms with Crippen molar-refractivity contribution < 1.29 is 13.6 Å². The molecule has 3 N–H and O–H groups in total. The van der Waals surface area contributed by atoms with E-state index in [1.807, 2.05) is 11.8 Å². The van der Waals surface area contributed by atoms with Crippen molar-refractivity contribution in [1.29, 1.82) is 0 Å². The molecule has 2 heterocycles. The molecule has 1 aliphatic rings. The van der Waals surface area contributed by atoms with Gasteiger partial charge >= 0.3 is 0 Å². The average molecular weight is 397 g/mol. The summed E-state index contributed by atoms with van der Waals surface area (Å²) in [6.45, 7) is 3.68. The zero-order valence-corrected chi connectivity index (χ0v) is 14.7. The predicted molar refractivity (Wildman–Crippen MR) is 85.2 cm³/mol. The fraction of sp³-hybridized carbons (Fsp3) is 0.545. The summed E-state index contributed by atoms with van der Waals surface area (Å²) in [6, 6.07) is 1.52. The van der Waals surface area contributed by atoms with Crippen molar-refractivity contribution in [3.8, 4) is 0 Å². The van der Waals surface area contributed by atoms with E-state index in [-0.39, 0.29) is 11.9 Å². The number of thiophene rings is 1. The summed E-state index contributed by atoms with van der Waals surface area (Å²) < 4.78 is 27.5. The van der Waals surface area contributed by atoms with Crippen LogP contribution < -0.4 is 5.73 Å². The van der Waals surface area contributed by atoms with Crippen LogP contribution in [0.3, 0.4) is 0 Å². The molecule has 1 aliphatic heterocycles. The number of rotatable bonds is 4. The third-order valence-electron chi connectivity index (χ3n) is 3.52. The Morgan fingerprint density at radius 1 is 1.48 bits per heavy atom. The van der Waals surface area contributed by atoms with Crippen molar-refractivity contribution in [2.45, 2.75) is 17.2 Å². The van der Waals surface area contributed by atoms with Crippen molar-refractivity contribution in [1.82, 2.24) is 9.21 Å². The predicted octanol–water partition coefficient (Wildman–Crippen LogP) is 0.952. The maximum Gasteiger partial charge on any atom is 0.253 e. The molecule has 0 amide bonds. The molecule has 1 aromatic rings. The van der Waals surface area contributed by atoms with Gasteiger partial charge in [-0.15, -0.1) is 11.3 Å². The van der Waals surface area contributed by atoms with Gasteiger partial charge in [0.2, 0.25) is 0 Å². The van der Waals surface area contributed by atoms with E-state index in [1.54, 1.807) is 11.4 Å². The molecule has 118 valence electrons. The van der Waals surface area contributed by atoms with E-state index in [1.165, 1.54) is 15.6 Å². The van der Waals surface area contributed by atoms with Crippen molar-refractivity contribution in [2.75, 3.05) is 26.2 Å². The molecule has 1 atom stereocenters. The SMILES string of the molecule is CC(C(N)=NO)N1CCN(S(=O)(=O)c2sccc2Br)CC1. The Labute approximate surface area is 136 Å². The first kappa shape index (κ1) is 16.7. The van der Waals surface area contributed by atoms with Gasteiger partial charge in [0.05, 0.1) is 6.04 Å². The summed E-state index contributed by atoms with van der Waals surface area (Å²) >= 11 is 4.47. The highest BCUT2D eigenvalue weighted by Gasteiger charge is 2.32. The van der Waals surface area contributed by atoms with Crippen molar-refractivity contribution in [3.05, 3.63) is 15.9 Å². The van der Waals surface area contributed by atoms with E-state index in [0.717, 1.165) is 0 Å². The summed E-state index contributed by atoms with van der Waals surface area (Å²) in [5, 5.41) is 13.4. The van der Waals surface area contributed by atoms with Gasteiger partial charge in [-0.3, -0.25) is 4.90 Å². The van der Waals surface area contributed by atoms with E-state index < -0.39 is 10.0 Å². The monoisotopic (exact) mass is 396 g/mol. The molecule has 0 aliphatic carbocycles. The third kappa shape index (κ3) is 3.39. The quantitative estimate of drug-likeness (QED) is 0.341. The van der Waals surface area contributed by atoms with Gasteiger partial charge in [0.1, 0.15) is 4.21 Å². The van der Waals surface area contributed by atoms with Crippen LogP contribution in [0.5, 0.6) is 0 Å². The van der Waals surface area contributed by atoms with Crippen LogP contribution in [-0.4, -0.2) is 60.9 Å². The Kier molecular flexibility index (Phi) is 5.25. The summed E-state index contributed by atoms with van der Waals surface area (Å²) in [5.41, 5.74) is 5.59. The first-order valence-corrected chi connectivity index (χ1v) is 9.43. The van der Waals surface area contributed by atoms with Crippen molar-refractivity contribution >= 4 is 43.1 Å². The number of sulfonamides is 1. The van der Waals surface area contributed by atoms with Gasteiger partial charge in [-0.25, -0.2) is 8.42 Å². The molecular formula is C11H17BrN4O3S2. The number of nitrogens with zero attached hydrogens (tertiary/aromatic N) is 3. The molecule has 0 aromatic carbocycles. The van der Waals surface area contributed by atoms with Crippen LogP contribution in [-0.2, 0) is 10.0 Å². The Hall–Kier alpha value is -0.680.